The average molecular weight is 393 g/mol. The first-order valence-corrected chi connectivity index (χ1v) is 9.96. The van der Waals surface area contributed by atoms with Crippen LogP contribution in [0.15, 0.2) is 0 Å². The van der Waals surface area contributed by atoms with E-state index in [1.165, 1.54) is 0 Å². The predicted octanol–water partition coefficient (Wildman–Crippen LogP) is 1.28. The molecule has 1 fully saturated rings. The Balaban J connectivity index is 1.50. The van der Waals surface area contributed by atoms with E-state index in [0.29, 0.717) is 31.7 Å². The summed E-state index contributed by atoms with van der Waals surface area (Å²) in [5.74, 6) is 0.560. The maximum Gasteiger partial charge on any atom is 0.410 e. The van der Waals surface area contributed by atoms with E-state index in [0.717, 1.165) is 44.0 Å². The standard InChI is InChI=1S/C19H32N6O3/c1-19(2,3)28-18(27)25-8-5-14-15(13-25)21-22-17(14)20-16(26)6-7-24-11-9-23(4)10-12-24/h5-13H2,1-4H3,(H2,20,21,22,26). The number of carbonyl (C=O) groups excluding carboxylic acids is 2. The van der Waals surface area contributed by atoms with Gasteiger partial charge in [0.15, 0.2) is 5.82 Å². The number of aromatic amines is 1. The molecule has 1 saturated heterocycles. The van der Waals surface area contributed by atoms with Gasteiger partial charge in [0.25, 0.3) is 0 Å². The Morgan fingerprint density at radius 2 is 1.89 bits per heavy atom. The topological polar surface area (TPSA) is 93.8 Å². The van der Waals surface area contributed by atoms with Crippen molar-refractivity contribution in [2.45, 2.75) is 45.8 Å². The van der Waals surface area contributed by atoms with Crippen LogP contribution in [0.3, 0.4) is 0 Å². The van der Waals surface area contributed by atoms with Crippen LogP contribution in [-0.2, 0) is 22.5 Å². The highest BCUT2D eigenvalue weighted by Crippen LogP contribution is 2.25. The first-order valence-electron chi connectivity index (χ1n) is 9.96. The van der Waals surface area contributed by atoms with Crippen LogP contribution in [-0.4, -0.2) is 88.8 Å². The van der Waals surface area contributed by atoms with E-state index in [2.05, 4.69) is 32.4 Å². The van der Waals surface area contributed by atoms with Gasteiger partial charge in [-0.3, -0.25) is 9.89 Å². The number of H-pyrrole nitrogens is 1. The summed E-state index contributed by atoms with van der Waals surface area (Å²) in [6.45, 7) is 11.4. The molecule has 9 heteroatoms. The Morgan fingerprint density at radius 3 is 2.57 bits per heavy atom. The van der Waals surface area contributed by atoms with E-state index < -0.39 is 5.60 Å². The van der Waals surface area contributed by atoms with Gasteiger partial charge in [-0.1, -0.05) is 0 Å². The molecule has 0 unspecified atom stereocenters. The van der Waals surface area contributed by atoms with Crippen molar-refractivity contribution in [1.82, 2.24) is 24.9 Å². The van der Waals surface area contributed by atoms with Crippen LogP contribution in [0.25, 0.3) is 0 Å². The molecule has 2 N–H and O–H groups in total. The number of fused-ring (bicyclic) bond motifs is 1. The van der Waals surface area contributed by atoms with E-state index in [-0.39, 0.29) is 12.0 Å². The minimum absolute atomic E-state index is 0.0252. The minimum Gasteiger partial charge on any atom is -0.444 e. The molecular weight excluding hydrogens is 360 g/mol. The summed E-state index contributed by atoms with van der Waals surface area (Å²) in [5.41, 5.74) is 1.31. The molecule has 0 aliphatic carbocycles. The van der Waals surface area contributed by atoms with E-state index >= 15 is 0 Å². The number of likely N-dealkylation sites (N-methyl/N-ethyl adjacent to an activating group) is 1. The molecule has 0 aromatic carbocycles. The first kappa shape index (κ1) is 20.6. The zero-order valence-corrected chi connectivity index (χ0v) is 17.4. The molecule has 0 spiro atoms. The fourth-order valence-corrected chi connectivity index (χ4v) is 3.43. The fourth-order valence-electron chi connectivity index (χ4n) is 3.43. The highest BCUT2D eigenvalue weighted by atomic mass is 16.6. The maximum atomic E-state index is 12.3. The third-order valence-electron chi connectivity index (χ3n) is 5.09. The Labute approximate surface area is 166 Å². The zero-order valence-electron chi connectivity index (χ0n) is 17.4. The minimum atomic E-state index is -0.520. The number of nitrogens with zero attached hydrogens (tertiary/aromatic N) is 4. The van der Waals surface area contributed by atoms with Crippen molar-refractivity contribution < 1.29 is 14.3 Å². The van der Waals surface area contributed by atoms with Gasteiger partial charge in [-0.25, -0.2) is 4.79 Å². The number of nitrogens with one attached hydrogen (secondary N) is 2. The lowest BCUT2D eigenvalue weighted by atomic mass is 10.1. The SMILES string of the molecule is CN1CCN(CCC(=O)Nc2n[nH]c3c2CCN(C(=O)OC(C)(C)C)C3)CC1. The second kappa shape index (κ2) is 8.48. The van der Waals surface area contributed by atoms with E-state index in [4.69, 9.17) is 4.74 Å². The van der Waals surface area contributed by atoms with Crippen LogP contribution in [0.2, 0.25) is 0 Å². The molecule has 0 bridgehead atoms. The molecule has 2 aliphatic heterocycles. The van der Waals surface area contributed by atoms with Crippen LogP contribution < -0.4 is 5.32 Å². The molecule has 2 amide bonds. The number of carbonyl (C=O) groups is 2. The molecule has 1 aromatic rings. The van der Waals surface area contributed by atoms with Gasteiger partial charge in [0.2, 0.25) is 5.91 Å². The van der Waals surface area contributed by atoms with Crippen LogP contribution >= 0.6 is 0 Å². The van der Waals surface area contributed by atoms with Crippen molar-refractivity contribution in [3.63, 3.8) is 0 Å². The van der Waals surface area contributed by atoms with Crippen molar-refractivity contribution in [3.8, 4) is 0 Å². The summed E-state index contributed by atoms with van der Waals surface area (Å²) in [6.07, 6.45) is 0.764. The number of rotatable bonds is 4. The fraction of sp³-hybridized carbons (Fsp3) is 0.737. The Morgan fingerprint density at radius 1 is 1.18 bits per heavy atom. The number of aromatic nitrogens is 2. The summed E-state index contributed by atoms with van der Waals surface area (Å²) in [5, 5.41) is 10.1. The largest absolute Gasteiger partial charge is 0.444 e. The summed E-state index contributed by atoms with van der Waals surface area (Å²) in [6, 6.07) is 0. The predicted molar refractivity (Wildman–Crippen MR) is 106 cm³/mol. The Hall–Kier alpha value is -2.13. The van der Waals surface area contributed by atoms with Crippen molar-refractivity contribution in [2.75, 3.05) is 51.6 Å². The summed E-state index contributed by atoms with van der Waals surface area (Å²) in [4.78, 5) is 30.9. The number of anilines is 1. The number of hydrogen-bond acceptors (Lipinski definition) is 6. The van der Waals surface area contributed by atoms with Crippen molar-refractivity contribution in [3.05, 3.63) is 11.3 Å². The van der Waals surface area contributed by atoms with Gasteiger partial charge in [0.1, 0.15) is 5.60 Å². The van der Waals surface area contributed by atoms with Crippen molar-refractivity contribution in [2.24, 2.45) is 0 Å². The Kier molecular flexibility index (Phi) is 6.24. The Bertz CT molecular complexity index is 703. The second-order valence-electron chi connectivity index (χ2n) is 8.62. The molecule has 3 rings (SSSR count). The molecule has 156 valence electrons. The third kappa shape index (κ3) is 5.45. The lowest BCUT2D eigenvalue weighted by Gasteiger charge is -2.32. The second-order valence-corrected chi connectivity index (χ2v) is 8.62. The number of piperazine rings is 1. The molecule has 9 nitrogen and oxygen atoms in total. The smallest absolute Gasteiger partial charge is 0.410 e. The molecule has 0 radical (unpaired) electrons. The van der Waals surface area contributed by atoms with Gasteiger partial charge in [-0.2, -0.15) is 5.10 Å². The molecule has 0 saturated carbocycles. The third-order valence-corrected chi connectivity index (χ3v) is 5.09. The molecule has 0 atom stereocenters. The maximum absolute atomic E-state index is 12.3. The zero-order chi connectivity index (χ0) is 20.3. The van der Waals surface area contributed by atoms with Gasteiger partial charge >= 0.3 is 6.09 Å². The van der Waals surface area contributed by atoms with Crippen molar-refractivity contribution in [1.29, 1.82) is 0 Å². The van der Waals surface area contributed by atoms with Crippen molar-refractivity contribution >= 4 is 17.8 Å². The molecule has 1 aromatic heterocycles. The van der Waals surface area contributed by atoms with Gasteiger partial charge < -0.3 is 24.8 Å². The monoisotopic (exact) mass is 392 g/mol. The highest BCUT2D eigenvalue weighted by Gasteiger charge is 2.28. The quantitative estimate of drug-likeness (QED) is 0.802. The van der Waals surface area contributed by atoms with E-state index in [1.54, 1.807) is 4.90 Å². The molecule has 28 heavy (non-hydrogen) atoms. The summed E-state index contributed by atoms with van der Waals surface area (Å²) >= 11 is 0. The highest BCUT2D eigenvalue weighted by molar-refractivity contribution is 5.90. The number of ether oxygens (including phenoxy) is 1. The van der Waals surface area contributed by atoms with E-state index in [1.807, 2.05) is 20.8 Å². The molecule has 2 aliphatic rings. The summed E-state index contributed by atoms with van der Waals surface area (Å²) in [7, 11) is 2.12. The lowest BCUT2D eigenvalue weighted by Crippen LogP contribution is -2.45. The first-order chi connectivity index (χ1) is 13.2. The molecular formula is C19H32N6O3. The summed E-state index contributed by atoms with van der Waals surface area (Å²) < 4.78 is 5.44. The van der Waals surface area contributed by atoms with Gasteiger partial charge in [0, 0.05) is 51.3 Å². The van der Waals surface area contributed by atoms with Gasteiger partial charge in [-0.05, 0) is 34.2 Å². The van der Waals surface area contributed by atoms with Gasteiger partial charge in [0.05, 0.1) is 12.2 Å². The van der Waals surface area contributed by atoms with Crippen LogP contribution in [0.1, 0.15) is 38.4 Å². The average Bonchev–Trinajstić information content (AvgIpc) is 3.02. The van der Waals surface area contributed by atoms with Crippen LogP contribution in [0.4, 0.5) is 10.6 Å². The lowest BCUT2D eigenvalue weighted by molar-refractivity contribution is -0.116. The van der Waals surface area contributed by atoms with Crippen LogP contribution in [0.5, 0.6) is 0 Å². The normalized spacial score (nSPS) is 18.6. The van der Waals surface area contributed by atoms with Gasteiger partial charge in [-0.15, -0.1) is 0 Å². The van der Waals surface area contributed by atoms with Crippen LogP contribution in [0, 0.1) is 0 Å². The number of hydrogen-bond donors (Lipinski definition) is 2. The number of amides is 2. The van der Waals surface area contributed by atoms with E-state index in [9.17, 15) is 9.59 Å². The molecule has 3 heterocycles.